The van der Waals surface area contributed by atoms with Gasteiger partial charge < -0.3 is 4.74 Å². The number of benzene rings is 2. The van der Waals surface area contributed by atoms with E-state index in [1.165, 1.54) is 11.3 Å². The van der Waals surface area contributed by atoms with Gasteiger partial charge in [-0.25, -0.2) is 4.79 Å². The maximum absolute atomic E-state index is 11.5. The molecule has 1 aliphatic heterocycles. The molecule has 3 aromatic rings. The lowest BCUT2D eigenvalue weighted by Gasteiger charge is -2.03. The highest BCUT2D eigenvalue weighted by Gasteiger charge is 2.21. The van der Waals surface area contributed by atoms with Gasteiger partial charge in [-0.3, -0.25) is 4.79 Å². The number of thiophene rings is 1. The van der Waals surface area contributed by atoms with Crippen LogP contribution in [0.4, 0.5) is 0 Å². The average Bonchev–Trinajstić information content (AvgIpc) is 3.09. The smallest absolute Gasteiger partial charge is 0.338 e. The SMILES string of the molecule is O=Cc1cc2cc(-c3ccc4c(c3)COC4=O)ccc2s1. The highest BCUT2D eigenvalue weighted by Crippen LogP contribution is 2.31. The zero-order chi connectivity index (χ0) is 14.4. The molecule has 0 saturated carbocycles. The number of fused-ring (bicyclic) bond motifs is 2. The number of hydrogen-bond acceptors (Lipinski definition) is 4. The highest BCUT2D eigenvalue weighted by molar-refractivity contribution is 7.20. The number of aldehydes is 1. The fourth-order valence-corrected chi connectivity index (χ4v) is 3.47. The Hall–Kier alpha value is -2.46. The Kier molecular flexibility index (Phi) is 2.65. The summed E-state index contributed by atoms with van der Waals surface area (Å²) in [5, 5.41) is 1.06. The number of hydrogen-bond donors (Lipinski definition) is 0. The Morgan fingerprint density at radius 1 is 1.05 bits per heavy atom. The van der Waals surface area contributed by atoms with Crippen molar-refractivity contribution in [3.63, 3.8) is 0 Å². The van der Waals surface area contributed by atoms with E-state index >= 15 is 0 Å². The maximum Gasteiger partial charge on any atom is 0.338 e. The molecule has 102 valence electrons. The number of cyclic esters (lactones) is 1. The lowest BCUT2D eigenvalue weighted by atomic mass is 9.99. The zero-order valence-corrected chi connectivity index (χ0v) is 11.8. The van der Waals surface area contributed by atoms with Crippen LogP contribution in [0, 0.1) is 0 Å². The summed E-state index contributed by atoms with van der Waals surface area (Å²) in [6.45, 7) is 0.345. The van der Waals surface area contributed by atoms with Gasteiger partial charge in [0.1, 0.15) is 6.61 Å². The van der Waals surface area contributed by atoms with Crippen LogP contribution < -0.4 is 0 Å². The van der Waals surface area contributed by atoms with Crippen molar-refractivity contribution in [1.29, 1.82) is 0 Å². The minimum absolute atomic E-state index is 0.250. The summed E-state index contributed by atoms with van der Waals surface area (Å²) >= 11 is 1.49. The minimum atomic E-state index is -0.250. The average molecular weight is 294 g/mol. The number of carbonyl (C=O) groups excluding carboxylic acids is 2. The van der Waals surface area contributed by atoms with Gasteiger partial charge in [-0.1, -0.05) is 12.1 Å². The van der Waals surface area contributed by atoms with Gasteiger partial charge >= 0.3 is 5.97 Å². The highest BCUT2D eigenvalue weighted by atomic mass is 32.1. The Labute approximate surface area is 124 Å². The largest absolute Gasteiger partial charge is 0.457 e. The van der Waals surface area contributed by atoms with Gasteiger partial charge in [-0.2, -0.15) is 0 Å². The number of ether oxygens (including phenoxy) is 1. The first-order chi connectivity index (χ1) is 10.2. The summed E-state index contributed by atoms with van der Waals surface area (Å²) < 4.78 is 6.12. The van der Waals surface area contributed by atoms with Crippen LogP contribution in [-0.4, -0.2) is 12.3 Å². The third kappa shape index (κ3) is 1.96. The molecule has 4 rings (SSSR count). The molecule has 21 heavy (non-hydrogen) atoms. The molecule has 0 bridgehead atoms. The van der Waals surface area contributed by atoms with E-state index in [9.17, 15) is 9.59 Å². The van der Waals surface area contributed by atoms with Gasteiger partial charge in [0.2, 0.25) is 0 Å². The van der Waals surface area contributed by atoms with E-state index in [1.54, 1.807) is 0 Å². The van der Waals surface area contributed by atoms with Gasteiger partial charge in [-0.15, -0.1) is 11.3 Å². The van der Waals surface area contributed by atoms with Crippen molar-refractivity contribution in [2.75, 3.05) is 0 Å². The second-order valence-corrected chi connectivity index (χ2v) is 6.08. The summed E-state index contributed by atoms with van der Waals surface area (Å²) in [5.74, 6) is -0.250. The lowest BCUT2D eigenvalue weighted by molar-refractivity contribution is 0.0535. The normalized spacial score (nSPS) is 13.2. The third-order valence-electron chi connectivity index (χ3n) is 3.67. The summed E-state index contributed by atoms with van der Waals surface area (Å²) in [5.41, 5.74) is 3.70. The lowest BCUT2D eigenvalue weighted by Crippen LogP contribution is -1.92. The Morgan fingerprint density at radius 2 is 1.86 bits per heavy atom. The fourth-order valence-electron chi connectivity index (χ4n) is 2.61. The Balaban J connectivity index is 1.82. The van der Waals surface area contributed by atoms with Crippen LogP contribution in [0.25, 0.3) is 21.2 Å². The first kappa shape index (κ1) is 12.3. The molecule has 1 aromatic heterocycles. The van der Waals surface area contributed by atoms with Crippen molar-refractivity contribution in [1.82, 2.24) is 0 Å². The van der Waals surface area contributed by atoms with Crippen LogP contribution in [0.5, 0.6) is 0 Å². The number of rotatable bonds is 2. The van der Waals surface area contributed by atoms with Gasteiger partial charge in [0.05, 0.1) is 10.4 Å². The molecule has 0 saturated heterocycles. The molecule has 0 unspecified atom stereocenters. The molecule has 0 amide bonds. The zero-order valence-electron chi connectivity index (χ0n) is 11.0. The quantitative estimate of drug-likeness (QED) is 0.529. The third-order valence-corrected chi connectivity index (χ3v) is 4.71. The van der Waals surface area contributed by atoms with E-state index in [0.717, 1.165) is 37.9 Å². The second-order valence-electron chi connectivity index (χ2n) is 4.97. The molecule has 1 aliphatic rings. The van der Waals surface area contributed by atoms with Gasteiger partial charge in [0.25, 0.3) is 0 Å². The van der Waals surface area contributed by atoms with Gasteiger partial charge in [0.15, 0.2) is 6.29 Å². The molecule has 0 radical (unpaired) electrons. The molecular weight excluding hydrogens is 284 g/mol. The molecule has 2 heterocycles. The summed E-state index contributed by atoms with van der Waals surface area (Å²) in [6, 6.07) is 13.8. The summed E-state index contributed by atoms with van der Waals surface area (Å²) in [6.07, 6.45) is 0.878. The molecule has 0 spiro atoms. The first-order valence-corrected chi connectivity index (χ1v) is 7.35. The van der Waals surface area contributed by atoms with Crippen molar-refractivity contribution >= 4 is 33.7 Å². The van der Waals surface area contributed by atoms with E-state index < -0.39 is 0 Å². The first-order valence-electron chi connectivity index (χ1n) is 6.54. The molecule has 0 atom stereocenters. The maximum atomic E-state index is 11.5. The van der Waals surface area contributed by atoms with E-state index in [0.29, 0.717) is 12.2 Å². The second kappa shape index (κ2) is 4.53. The number of esters is 1. The number of carbonyl (C=O) groups is 2. The van der Waals surface area contributed by atoms with Crippen molar-refractivity contribution in [3.8, 4) is 11.1 Å². The molecule has 0 aliphatic carbocycles. The molecule has 3 nitrogen and oxygen atoms in total. The topological polar surface area (TPSA) is 43.4 Å². The predicted molar refractivity (Wildman–Crippen MR) is 81.8 cm³/mol. The van der Waals surface area contributed by atoms with Crippen LogP contribution in [0.15, 0.2) is 42.5 Å². The van der Waals surface area contributed by atoms with Crippen LogP contribution in [0.3, 0.4) is 0 Å². The van der Waals surface area contributed by atoms with Crippen LogP contribution in [-0.2, 0) is 11.3 Å². The fraction of sp³-hybridized carbons (Fsp3) is 0.0588. The van der Waals surface area contributed by atoms with Crippen molar-refractivity contribution in [3.05, 3.63) is 58.5 Å². The van der Waals surface area contributed by atoms with E-state index in [-0.39, 0.29) is 5.97 Å². The van der Waals surface area contributed by atoms with Crippen molar-refractivity contribution in [2.45, 2.75) is 6.61 Å². The monoisotopic (exact) mass is 294 g/mol. The van der Waals surface area contributed by atoms with Crippen LogP contribution in [0.1, 0.15) is 25.6 Å². The van der Waals surface area contributed by atoms with Crippen LogP contribution in [0.2, 0.25) is 0 Å². The van der Waals surface area contributed by atoms with Crippen molar-refractivity contribution < 1.29 is 14.3 Å². The Bertz CT molecular complexity index is 892. The summed E-state index contributed by atoms with van der Waals surface area (Å²) in [4.78, 5) is 23.1. The van der Waals surface area contributed by atoms with Crippen LogP contribution >= 0.6 is 11.3 Å². The van der Waals surface area contributed by atoms with Gasteiger partial charge in [0, 0.05) is 10.3 Å². The standard InChI is InChI=1S/C17H10O3S/c18-8-14-7-12-5-11(2-4-16(12)21-14)10-1-3-15-13(6-10)9-20-17(15)19/h1-8H,9H2. The van der Waals surface area contributed by atoms with E-state index in [4.69, 9.17) is 4.74 Å². The molecule has 0 N–H and O–H groups in total. The predicted octanol–water partition coefficient (Wildman–Crippen LogP) is 4.05. The minimum Gasteiger partial charge on any atom is -0.457 e. The molecule has 2 aromatic carbocycles. The van der Waals surface area contributed by atoms with E-state index in [1.807, 2.05) is 36.4 Å². The van der Waals surface area contributed by atoms with E-state index in [2.05, 4.69) is 6.07 Å². The van der Waals surface area contributed by atoms with Gasteiger partial charge in [-0.05, 0) is 46.8 Å². The molecular formula is C17H10O3S. The summed E-state index contributed by atoms with van der Waals surface area (Å²) in [7, 11) is 0. The molecule has 4 heteroatoms. The molecule has 0 fully saturated rings. The van der Waals surface area contributed by atoms with Crippen molar-refractivity contribution in [2.24, 2.45) is 0 Å². The Morgan fingerprint density at radius 3 is 2.71 bits per heavy atom.